The van der Waals surface area contributed by atoms with Crippen molar-refractivity contribution >= 4 is 5.91 Å². The number of nitrogens with zero attached hydrogens (tertiary/aromatic N) is 2. The Bertz CT molecular complexity index is 380. The molecule has 0 radical (unpaired) electrons. The van der Waals surface area contributed by atoms with Gasteiger partial charge in [-0.15, -0.1) is 0 Å². The van der Waals surface area contributed by atoms with Gasteiger partial charge in [-0.25, -0.2) is 5.01 Å². The lowest BCUT2D eigenvalue weighted by atomic mass is 10.0. The maximum Gasteiger partial charge on any atom is 0.260 e. The normalized spacial score (nSPS) is 23.5. The van der Waals surface area contributed by atoms with Crippen LogP contribution in [0.15, 0.2) is 35.5 Å². The van der Waals surface area contributed by atoms with E-state index in [2.05, 4.69) is 26.0 Å². The molecule has 1 atom stereocenters. The van der Waals surface area contributed by atoms with Crippen molar-refractivity contribution in [3.05, 3.63) is 35.5 Å². The Balaban J connectivity index is 2.71. The molecular weight excluding hydrogens is 212 g/mol. The van der Waals surface area contributed by atoms with Crippen molar-refractivity contribution in [1.29, 1.82) is 0 Å². The van der Waals surface area contributed by atoms with Gasteiger partial charge in [-0.2, -0.15) is 0 Å². The molecule has 0 saturated carbocycles. The average molecular weight is 234 g/mol. The molecule has 0 bridgehead atoms. The van der Waals surface area contributed by atoms with Crippen LogP contribution in [-0.4, -0.2) is 36.1 Å². The van der Waals surface area contributed by atoms with Crippen molar-refractivity contribution in [3.63, 3.8) is 0 Å². The largest absolute Gasteiger partial charge is 0.275 e. The summed E-state index contributed by atoms with van der Waals surface area (Å²) < 4.78 is 0. The highest BCUT2D eigenvalue weighted by Gasteiger charge is 2.22. The van der Waals surface area contributed by atoms with E-state index in [1.165, 1.54) is 11.1 Å². The third-order valence-corrected chi connectivity index (χ3v) is 3.45. The van der Waals surface area contributed by atoms with Gasteiger partial charge in [-0.3, -0.25) is 9.80 Å². The lowest BCUT2D eigenvalue weighted by molar-refractivity contribution is -0.141. The van der Waals surface area contributed by atoms with Crippen LogP contribution in [0.25, 0.3) is 0 Å². The smallest absolute Gasteiger partial charge is 0.260 e. The van der Waals surface area contributed by atoms with Gasteiger partial charge in [0.15, 0.2) is 0 Å². The maximum atomic E-state index is 11.4. The molecule has 1 rings (SSSR count). The fourth-order valence-electron chi connectivity index (χ4n) is 1.72. The molecule has 0 saturated heterocycles. The third kappa shape index (κ3) is 3.30. The van der Waals surface area contributed by atoms with Crippen LogP contribution in [-0.2, 0) is 4.79 Å². The van der Waals surface area contributed by atoms with E-state index in [9.17, 15) is 4.79 Å². The van der Waals surface area contributed by atoms with E-state index in [0.29, 0.717) is 0 Å². The summed E-state index contributed by atoms with van der Waals surface area (Å²) in [5.41, 5.74) is 2.60. The van der Waals surface area contributed by atoms with E-state index in [1.807, 2.05) is 25.1 Å². The number of allylic oxidation sites excluding steroid dienone is 3. The van der Waals surface area contributed by atoms with Gasteiger partial charge in [0.05, 0.1) is 6.04 Å². The molecular formula is C14H22N2O. The molecule has 0 aromatic carbocycles. The van der Waals surface area contributed by atoms with Gasteiger partial charge >= 0.3 is 0 Å². The summed E-state index contributed by atoms with van der Waals surface area (Å²) in [6.45, 7) is 6.28. The number of hydrazine groups is 1. The zero-order valence-electron chi connectivity index (χ0n) is 11.4. The summed E-state index contributed by atoms with van der Waals surface area (Å²) >= 11 is 0. The van der Waals surface area contributed by atoms with Gasteiger partial charge in [0.2, 0.25) is 0 Å². The van der Waals surface area contributed by atoms with Crippen LogP contribution < -0.4 is 0 Å². The number of hydrogen-bond acceptors (Lipinski definition) is 2. The van der Waals surface area contributed by atoms with Crippen LogP contribution in [0.2, 0.25) is 0 Å². The van der Waals surface area contributed by atoms with E-state index in [1.54, 1.807) is 18.1 Å². The van der Waals surface area contributed by atoms with Gasteiger partial charge in [0.1, 0.15) is 0 Å². The van der Waals surface area contributed by atoms with Gasteiger partial charge in [-0.1, -0.05) is 29.4 Å². The van der Waals surface area contributed by atoms with Crippen molar-refractivity contribution in [2.75, 3.05) is 14.1 Å². The molecule has 3 heteroatoms. The molecule has 1 amide bonds. The van der Waals surface area contributed by atoms with Gasteiger partial charge in [-0.05, 0) is 27.2 Å². The number of rotatable bonds is 3. The summed E-state index contributed by atoms with van der Waals surface area (Å²) in [4.78, 5) is 11.4. The zero-order valence-corrected chi connectivity index (χ0v) is 11.4. The Morgan fingerprint density at radius 1 is 1.35 bits per heavy atom. The molecule has 0 fully saturated rings. The Kier molecular flexibility index (Phi) is 4.70. The highest BCUT2D eigenvalue weighted by molar-refractivity contribution is 5.87. The number of hydrogen-bond donors (Lipinski definition) is 0. The molecule has 1 heterocycles. The number of carbonyl (C=O) groups is 1. The van der Waals surface area contributed by atoms with Crippen molar-refractivity contribution in [1.82, 2.24) is 10.0 Å². The lowest BCUT2D eigenvalue weighted by Crippen LogP contribution is -2.48. The van der Waals surface area contributed by atoms with Gasteiger partial charge in [0.25, 0.3) is 5.91 Å². The van der Waals surface area contributed by atoms with Crippen molar-refractivity contribution < 1.29 is 4.79 Å². The molecule has 0 aromatic rings. The minimum atomic E-state index is 0.0362. The summed E-state index contributed by atoms with van der Waals surface area (Å²) in [6.07, 6.45) is 8.88. The summed E-state index contributed by atoms with van der Waals surface area (Å²) in [7, 11) is 3.74. The highest BCUT2D eigenvalue weighted by Crippen LogP contribution is 2.16. The van der Waals surface area contributed by atoms with E-state index in [4.69, 9.17) is 0 Å². The monoisotopic (exact) mass is 234 g/mol. The molecule has 17 heavy (non-hydrogen) atoms. The zero-order chi connectivity index (χ0) is 13.0. The molecule has 1 aliphatic heterocycles. The molecule has 0 aliphatic carbocycles. The SMILES string of the molecule is CC=C(C)C(C)=CCC1C=CC(=O)N(C)N1C. The maximum absolute atomic E-state index is 11.4. The molecule has 94 valence electrons. The summed E-state index contributed by atoms with van der Waals surface area (Å²) in [6, 6.07) is 0.261. The van der Waals surface area contributed by atoms with E-state index in [0.717, 1.165) is 6.42 Å². The highest BCUT2D eigenvalue weighted by atomic mass is 16.2. The molecule has 0 spiro atoms. The molecule has 1 unspecified atom stereocenters. The third-order valence-electron chi connectivity index (χ3n) is 3.45. The van der Waals surface area contributed by atoms with Gasteiger partial charge < -0.3 is 0 Å². The van der Waals surface area contributed by atoms with Crippen molar-refractivity contribution in [3.8, 4) is 0 Å². The molecule has 0 N–H and O–H groups in total. The number of carbonyl (C=O) groups excluding carboxylic acids is 1. The Morgan fingerprint density at radius 2 is 2.00 bits per heavy atom. The van der Waals surface area contributed by atoms with Crippen molar-refractivity contribution in [2.45, 2.75) is 33.2 Å². The Morgan fingerprint density at radius 3 is 2.59 bits per heavy atom. The molecule has 1 aliphatic rings. The Hall–Kier alpha value is -1.35. The van der Waals surface area contributed by atoms with Crippen LogP contribution in [0.3, 0.4) is 0 Å². The second-order valence-electron chi connectivity index (χ2n) is 4.46. The predicted octanol–water partition coefficient (Wildman–Crippen LogP) is 2.53. The summed E-state index contributed by atoms with van der Waals surface area (Å²) in [5.74, 6) is 0.0362. The van der Waals surface area contributed by atoms with E-state index in [-0.39, 0.29) is 11.9 Å². The van der Waals surface area contributed by atoms with E-state index >= 15 is 0 Å². The second kappa shape index (κ2) is 5.82. The topological polar surface area (TPSA) is 23.6 Å². The first-order chi connectivity index (χ1) is 7.97. The van der Waals surface area contributed by atoms with Crippen LogP contribution in [0, 0.1) is 0 Å². The first kappa shape index (κ1) is 13.7. The van der Waals surface area contributed by atoms with Crippen LogP contribution in [0.4, 0.5) is 0 Å². The van der Waals surface area contributed by atoms with E-state index < -0.39 is 0 Å². The van der Waals surface area contributed by atoms with Crippen LogP contribution in [0.1, 0.15) is 27.2 Å². The minimum absolute atomic E-state index is 0.0362. The quantitative estimate of drug-likeness (QED) is 0.701. The van der Waals surface area contributed by atoms with Crippen LogP contribution >= 0.6 is 0 Å². The van der Waals surface area contributed by atoms with Crippen molar-refractivity contribution in [2.24, 2.45) is 0 Å². The van der Waals surface area contributed by atoms with Gasteiger partial charge in [0, 0.05) is 20.2 Å². The second-order valence-corrected chi connectivity index (χ2v) is 4.46. The lowest BCUT2D eigenvalue weighted by Gasteiger charge is -2.35. The Labute approximate surface area is 104 Å². The molecule has 3 nitrogen and oxygen atoms in total. The summed E-state index contributed by atoms with van der Waals surface area (Å²) in [5, 5.41) is 3.62. The average Bonchev–Trinajstić information content (AvgIpc) is 2.33. The van der Waals surface area contributed by atoms with Crippen LogP contribution in [0.5, 0.6) is 0 Å². The minimum Gasteiger partial charge on any atom is -0.275 e. The first-order valence-corrected chi connectivity index (χ1v) is 5.96. The number of amides is 1. The standard InChI is InChI=1S/C14H22N2O/c1-6-11(2)12(3)7-8-13-9-10-14(17)16(5)15(13)4/h6-7,9-10,13H,8H2,1-5H3. The molecule has 0 aromatic heterocycles. The first-order valence-electron chi connectivity index (χ1n) is 5.96. The fraction of sp³-hybridized carbons (Fsp3) is 0.500. The fourth-order valence-corrected chi connectivity index (χ4v) is 1.72. The predicted molar refractivity (Wildman–Crippen MR) is 71.3 cm³/mol. The number of likely N-dealkylation sites (N-methyl/N-ethyl adjacent to an activating group) is 2.